The summed E-state index contributed by atoms with van der Waals surface area (Å²) in [7, 11) is 1.43. The van der Waals surface area contributed by atoms with E-state index in [0.29, 0.717) is 17.7 Å². The van der Waals surface area contributed by atoms with E-state index in [-0.39, 0.29) is 5.97 Å². The summed E-state index contributed by atoms with van der Waals surface area (Å²) in [6.45, 7) is 1.08. The van der Waals surface area contributed by atoms with Gasteiger partial charge < -0.3 is 10.5 Å². The maximum atomic E-state index is 11.5. The second-order valence-corrected chi connectivity index (χ2v) is 5.73. The van der Waals surface area contributed by atoms with Crippen molar-refractivity contribution in [2.45, 2.75) is 38.3 Å². The Kier molecular flexibility index (Phi) is 4.54. The van der Waals surface area contributed by atoms with E-state index in [2.05, 4.69) is 9.88 Å². The minimum atomic E-state index is -0.181. The van der Waals surface area contributed by atoms with Gasteiger partial charge in [0.05, 0.1) is 13.7 Å². The Morgan fingerprint density at radius 3 is 2.89 bits per heavy atom. The summed E-state index contributed by atoms with van der Waals surface area (Å²) in [5.74, 6) is -0.181. The number of nitrogen functional groups attached to an aromatic ring is 1. The van der Waals surface area contributed by atoms with Crippen LogP contribution in [0.3, 0.4) is 0 Å². The fourth-order valence-electron chi connectivity index (χ4n) is 2.41. The zero-order valence-corrected chi connectivity index (χ0v) is 11.4. The summed E-state index contributed by atoms with van der Waals surface area (Å²) >= 11 is 1.48. The summed E-state index contributed by atoms with van der Waals surface area (Å²) in [6.07, 6.45) is 6.59. The van der Waals surface area contributed by atoms with Gasteiger partial charge in [-0.1, -0.05) is 12.8 Å². The number of anilines is 1. The second-order valence-electron chi connectivity index (χ2n) is 4.58. The van der Waals surface area contributed by atoms with Gasteiger partial charge in [-0.05, 0) is 12.8 Å². The molecule has 2 rings (SSSR count). The molecule has 0 bridgehead atoms. The molecule has 6 heteroatoms. The monoisotopic (exact) mass is 269 g/mol. The molecule has 0 aliphatic heterocycles. The van der Waals surface area contributed by atoms with Gasteiger partial charge in [-0.3, -0.25) is 9.69 Å². The zero-order valence-electron chi connectivity index (χ0n) is 10.6. The molecule has 0 unspecified atom stereocenters. The molecule has 0 radical (unpaired) electrons. The van der Waals surface area contributed by atoms with E-state index in [9.17, 15) is 4.79 Å². The number of nitrogens with two attached hydrogens (primary N) is 1. The molecule has 100 valence electrons. The Hall–Kier alpha value is -1.14. The van der Waals surface area contributed by atoms with Gasteiger partial charge in [0, 0.05) is 23.7 Å². The van der Waals surface area contributed by atoms with Crippen molar-refractivity contribution in [1.82, 2.24) is 9.88 Å². The van der Waals surface area contributed by atoms with E-state index in [0.717, 1.165) is 24.3 Å². The molecular weight excluding hydrogens is 250 g/mol. The van der Waals surface area contributed by atoms with Crippen LogP contribution in [-0.4, -0.2) is 35.5 Å². The largest absolute Gasteiger partial charge is 0.468 e. The molecule has 0 aromatic carbocycles. The highest BCUT2D eigenvalue weighted by Gasteiger charge is 2.25. The summed E-state index contributed by atoms with van der Waals surface area (Å²) in [6, 6.07) is 0.479. The zero-order chi connectivity index (χ0) is 13.0. The molecule has 1 heterocycles. The normalized spacial score (nSPS) is 16.3. The smallest absolute Gasteiger partial charge is 0.319 e. The number of hydrogen-bond donors (Lipinski definition) is 1. The Balaban J connectivity index is 2.01. The number of esters is 1. The summed E-state index contributed by atoms with van der Waals surface area (Å²) in [5.41, 5.74) is 5.63. The fraction of sp³-hybridized carbons (Fsp3) is 0.667. The number of carbonyl (C=O) groups is 1. The van der Waals surface area contributed by atoms with Crippen molar-refractivity contribution in [3.63, 3.8) is 0 Å². The minimum absolute atomic E-state index is 0.181. The van der Waals surface area contributed by atoms with Crippen molar-refractivity contribution in [3.05, 3.63) is 11.1 Å². The van der Waals surface area contributed by atoms with Crippen LogP contribution in [0.5, 0.6) is 0 Å². The Morgan fingerprint density at radius 1 is 1.61 bits per heavy atom. The fourth-order valence-corrected chi connectivity index (χ4v) is 3.12. The first-order valence-corrected chi connectivity index (χ1v) is 7.01. The molecule has 1 fully saturated rings. The van der Waals surface area contributed by atoms with E-state index < -0.39 is 0 Å². The molecule has 0 saturated heterocycles. The lowest BCUT2D eigenvalue weighted by Gasteiger charge is -2.26. The topological polar surface area (TPSA) is 68.5 Å². The van der Waals surface area contributed by atoms with Crippen LogP contribution in [0.15, 0.2) is 6.20 Å². The summed E-state index contributed by atoms with van der Waals surface area (Å²) in [5, 5.41) is 0.578. The van der Waals surface area contributed by atoms with Crippen molar-refractivity contribution in [2.75, 3.05) is 19.4 Å². The standard InChI is InChI=1S/C12H19N3O2S/c1-17-11(16)8-15(9-4-2-3-5-9)7-10-6-14-12(13)18-10/h6,9H,2-5,7-8H2,1H3,(H2,13,14). The average Bonchev–Trinajstić information content (AvgIpc) is 2.99. The molecule has 0 spiro atoms. The molecule has 1 aromatic heterocycles. The first kappa shape index (κ1) is 13.3. The van der Waals surface area contributed by atoms with E-state index in [1.807, 2.05) is 0 Å². The number of nitrogens with zero attached hydrogens (tertiary/aromatic N) is 2. The number of thiazole rings is 1. The summed E-state index contributed by atoms with van der Waals surface area (Å²) in [4.78, 5) is 18.8. The van der Waals surface area contributed by atoms with E-state index in [1.165, 1.54) is 31.3 Å². The lowest BCUT2D eigenvalue weighted by Crippen LogP contribution is -2.37. The van der Waals surface area contributed by atoms with E-state index in [1.54, 1.807) is 6.20 Å². The highest BCUT2D eigenvalue weighted by molar-refractivity contribution is 7.15. The first-order chi connectivity index (χ1) is 8.69. The van der Waals surface area contributed by atoms with Crippen molar-refractivity contribution in [1.29, 1.82) is 0 Å². The van der Waals surface area contributed by atoms with Gasteiger partial charge in [-0.25, -0.2) is 4.98 Å². The number of aromatic nitrogens is 1. The number of rotatable bonds is 5. The molecule has 1 aliphatic carbocycles. The van der Waals surface area contributed by atoms with Crippen LogP contribution in [0.2, 0.25) is 0 Å². The van der Waals surface area contributed by atoms with Crippen LogP contribution < -0.4 is 5.73 Å². The lowest BCUT2D eigenvalue weighted by molar-refractivity contribution is -0.142. The lowest BCUT2D eigenvalue weighted by atomic mass is 10.2. The Morgan fingerprint density at radius 2 is 2.33 bits per heavy atom. The first-order valence-electron chi connectivity index (χ1n) is 6.20. The molecule has 0 amide bonds. The van der Waals surface area contributed by atoms with Crippen molar-refractivity contribution in [3.8, 4) is 0 Å². The van der Waals surface area contributed by atoms with Crippen LogP contribution in [0.4, 0.5) is 5.13 Å². The number of carbonyl (C=O) groups excluding carboxylic acids is 1. The third kappa shape index (κ3) is 3.43. The molecule has 1 aromatic rings. The van der Waals surface area contributed by atoms with Gasteiger partial charge in [0.25, 0.3) is 0 Å². The SMILES string of the molecule is COC(=O)CN(Cc1cnc(N)s1)C1CCCC1. The highest BCUT2D eigenvalue weighted by Crippen LogP contribution is 2.26. The predicted octanol–water partition coefficient (Wildman–Crippen LogP) is 1.64. The highest BCUT2D eigenvalue weighted by atomic mass is 32.1. The van der Waals surface area contributed by atoms with Gasteiger partial charge in [-0.2, -0.15) is 0 Å². The van der Waals surface area contributed by atoms with Crippen LogP contribution in [0.1, 0.15) is 30.6 Å². The number of hydrogen-bond acceptors (Lipinski definition) is 6. The molecule has 5 nitrogen and oxygen atoms in total. The van der Waals surface area contributed by atoms with Gasteiger partial charge in [0.2, 0.25) is 0 Å². The Bertz CT molecular complexity index is 402. The molecule has 1 aliphatic rings. The maximum Gasteiger partial charge on any atom is 0.319 e. The van der Waals surface area contributed by atoms with Crippen LogP contribution >= 0.6 is 11.3 Å². The molecule has 0 atom stereocenters. The maximum absolute atomic E-state index is 11.5. The Labute approximate surface area is 111 Å². The molecule has 18 heavy (non-hydrogen) atoms. The van der Waals surface area contributed by atoms with E-state index >= 15 is 0 Å². The third-order valence-corrected chi connectivity index (χ3v) is 4.14. The van der Waals surface area contributed by atoms with Crippen LogP contribution in [0, 0.1) is 0 Å². The van der Waals surface area contributed by atoms with Gasteiger partial charge >= 0.3 is 5.97 Å². The molecular formula is C12H19N3O2S. The quantitative estimate of drug-likeness (QED) is 0.823. The van der Waals surface area contributed by atoms with Gasteiger partial charge in [0.15, 0.2) is 5.13 Å². The number of ether oxygens (including phenoxy) is 1. The van der Waals surface area contributed by atoms with E-state index in [4.69, 9.17) is 10.5 Å². The average molecular weight is 269 g/mol. The molecule has 2 N–H and O–H groups in total. The van der Waals surface area contributed by atoms with Crippen molar-refractivity contribution >= 4 is 22.4 Å². The van der Waals surface area contributed by atoms with Gasteiger partial charge in [-0.15, -0.1) is 11.3 Å². The second kappa shape index (κ2) is 6.15. The predicted molar refractivity (Wildman–Crippen MR) is 71.2 cm³/mol. The number of methoxy groups -OCH3 is 1. The van der Waals surface area contributed by atoms with Crippen LogP contribution in [-0.2, 0) is 16.1 Å². The molecule has 1 saturated carbocycles. The van der Waals surface area contributed by atoms with Crippen molar-refractivity contribution < 1.29 is 9.53 Å². The minimum Gasteiger partial charge on any atom is -0.468 e. The summed E-state index contributed by atoms with van der Waals surface area (Å²) < 4.78 is 4.77. The van der Waals surface area contributed by atoms with Gasteiger partial charge in [0.1, 0.15) is 0 Å². The van der Waals surface area contributed by atoms with Crippen molar-refractivity contribution in [2.24, 2.45) is 0 Å². The third-order valence-electron chi connectivity index (χ3n) is 3.33. The van der Waals surface area contributed by atoms with Crippen LogP contribution in [0.25, 0.3) is 0 Å².